The van der Waals surface area contributed by atoms with Crippen LogP contribution in [0.15, 0.2) is 52.3 Å². The first-order chi connectivity index (χ1) is 14.3. The van der Waals surface area contributed by atoms with E-state index in [0.29, 0.717) is 13.7 Å². The average Bonchev–Trinajstić information content (AvgIpc) is 2.74. The van der Waals surface area contributed by atoms with Gasteiger partial charge in [0.15, 0.2) is 6.29 Å². The monoisotopic (exact) mass is 425 g/mol. The van der Waals surface area contributed by atoms with E-state index in [4.69, 9.17) is 14.2 Å². The summed E-state index contributed by atoms with van der Waals surface area (Å²) in [5, 5.41) is 9.33. The molecule has 1 N–H and O–H groups in total. The van der Waals surface area contributed by atoms with E-state index in [1.807, 2.05) is 0 Å². The highest BCUT2D eigenvalue weighted by Gasteiger charge is 2.16. The minimum absolute atomic E-state index is 0.239. The molecule has 1 aromatic rings. The fourth-order valence-corrected chi connectivity index (χ4v) is 2.18. The predicted molar refractivity (Wildman–Crippen MR) is 104 cm³/mol. The molecule has 0 radical (unpaired) electrons. The molecule has 1 atom stereocenters. The maximum absolute atomic E-state index is 12.6. The van der Waals surface area contributed by atoms with Gasteiger partial charge in [-0.3, -0.25) is 0 Å². The number of ether oxygens (including phenoxy) is 3. The van der Waals surface area contributed by atoms with Crippen LogP contribution in [-0.2, 0) is 43.4 Å². The molecule has 0 aromatic carbocycles. The fraction of sp³-hybridized carbons (Fsp3) is 0.389. The van der Waals surface area contributed by atoms with Crippen molar-refractivity contribution in [2.75, 3.05) is 19.8 Å². The summed E-state index contributed by atoms with van der Waals surface area (Å²) < 4.78 is 16.6. The molecule has 30 heavy (non-hydrogen) atoms. The molecule has 12 heteroatoms. The van der Waals surface area contributed by atoms with Crippen molar-refractivity contribution in [1.82, 2.24) is 13.7 Å². The van der Waals surface area contributed by atoms with E-state index in [9.17, 15) is 29.1 Å². The van der Waals surface area contributed by atoms with Gasteiger partial charge in [0.2, 0.25) is 0 Å². The predicted octanol–water partition coefficient (Wildman–Crippen LogP) is -1.85. The van der Waals surface area contributed by atoms with Crippen LogP contribution in [0.5, 0.6) is 0 Å². The Bertz CT molecular complexity index is 906. The van der Waals surface area contributed by atoms with Gasteiger partial charge in [0.25, 0.3) is 0 Å². The standard InChI is InChI=1S/C18H23N3O9/c1-4-13(22)28-10-7-19-16(25)20(8-11-29-14(23)5-2)18(27)21(17(19)26)9-12-30-15(24)6-3/h4-6,13,22H,1-3,7-12H2. The number of rotatable bonds is 13. The number of esters is 2. The summed E-state index contributed by atoms with van der Waals surface area (Å²) in [6.07, 6.45) is 1.63. The van der Waals surface area contributed by atoms with E-state index < -0.39 is 35.3 Å². The smallest absolute Gasteiger partial charge is 0.336 e. The maximum atomic E-state index is 12.6. The summed E-state index contributed by atoms with van der Waals surface area (Å²) in [6.45, 7) is 7.93. The largest absolute Gasteiger partial charge is 0.461 e. The molecule has 0 bridgehead atoms. The second kappa shape index (κ2) is 12.1. The molecule has 0 spiro atoms. The van der Waals surface area contributed by atoms with Crippen LogP contribution in [0.4, 0.5) is 0 Å². The molecule has 0 aliphatic rings. The fourth-order valence-electron chi connectivity index (χ4n) is 2.18. The van der Waals surface area contributed by atoms with E-state index in [2.05, 4.69) is 19.7 Å². The van der Waals surface area contributed by atoms with E-state index in [1.54, 1.807) is 0 Å². The zero-order valence-electron chi connectivity index (χ0n) is 16.2. The first-order valence-electron chi connectivity index (χ1n) is 8.71. The van der Waals surface area contributed by atoms with Gasteiger partial charge in [-0.15, -0.1) is 0 Å². The van der Waals surface area contributed by atoms with Crippen LogP contribution in [-0.4, -0.2) is 56.9 Å². The SMILES string of the molecule is C=CC(=O)OCCn1c(=O)n(CCOC(=O)C=C)c(=O)n(CCOC(O)C=C)c1=O. The highest BCUT2D eigenvalue weighted by atomic mass is 16.6. The van der Waals surface area contributed by atoms with Gasteiger partial charge in [0.1, 0.15) is 13.2 Å². The van der Waals surface area contributed by atoms with Crippen molar-refractivity contribution < 1.29 is 28.9 Å². The zero-order chi connectivity index (χ0) is 22.7. The molecular weight excluding hydrogens is 402 g/mol. The van der Waals surface area contributed by atoms with Crippen molar-refractivity contribution in [3.8, 4) is 0 Å². The Labute approximate surface area is 170 Å². The van der Waals surface area contributed by atoms with Gasteiger partial charge >= 0.3 is 29.0 Å². The number of aliphatic hydroxyl groups excluding tert-OH is 1. The topological polar surface area (TPSA) is 148 Å². The number of carbonyl (C=O) groups excluding carboxylic acids is 2. The third kappa shape index (κ3) is 6.83. The van der Waals surface area contributed by atoms with Crippen molar-refractivity contribution in [3.05, 3.63) is 69.4 Å². The zero-order valence-corrected chi connectivity index (χ0v) is 16.2. The number of aromatic nitrogens is 3. The number of aliphatic hydroxyl groups is 1. The number of nitrogens with zero attached hydrogens (tertiary/aromatic N) is 3. The Morgan fingerprint density at radius 3 is 1.50 bits per heavy atom. The molecule has 1 unspecified atom stereocenters. The molecule has 1 aromatic heterocycles. The first kappa shape index (κ1) is 24.5. The molecular formula is C18H23N3O9. The third-order valence-electron chi connectivity index (χ3n) is 3.64. The lowest BCUT2D eigenvalue weighted by atomic mass is 10.5. The molecule has 164 valence electrons. The van der Waals surface area contributed by atoms with Crippen LogP contribution in [0.1, 0.15) is 0 Å². The summed E-state index contributed by atoms with van der Waals surface area (Å²) in [6, 6.07) is 0. The maximum Gasteiger partial charge on any atom is 0.336 e. The molecule has 1 rings (SSSR count). The molecule has 0 saturated heterocycles. The van der Waals surface area contributed by atoms with Crippen molar-refractivity contribution in [3.63, 3.8) is 0 Å². The summed E-state index contributed by atoms with van der Waals surface area (Å²) in [5.41, 5.74) is -2.90. The molecule has 12 nitrogen and oxygen atoms in total. The molecule has 0 aliphatic heterocycles. The highest BCUT2D eigenvalue weighted by molar-refractivity contribution is 5.81. The van der Waals surface area contributed by atoms with E-state index in [-0.39, 0.29) is 39.5 Å². The quantitative estimate of drug-likeness (QED) is 0.166. The molecule has 0 amide bonds. The van der Waals surface area contributed by atoms with Gasteiger partial charge in [-0.2, -0.15) is 0 Å². The first-order valence-corrected chi connectivity index (χ1v) is 8.71. The number of carbonyl (C=O) groups is 2. The molecule has 0 saturated carbocycles. The summed E-state index contributed by atoms with van der Waals surface area (Å²) in [5.74, 6) is -1.50. The molecule has 0 aliphatic carbocycles. The number of hydrogen-bond acceptors (Lipinski definition) is 9. The van der Waals surface area contributed by atoms with Crippen molar-refractivity contribution in [1.29, 1.82) is 0 Å². The lowest BCUT2D eigenvalue weighted by molar-refractivity contribution is -0.138. The van der Waals surface area contributed by atoms with E-state index >= 15 is 0 Å². The Morgan fingerprint density at radius 2 is 1.17 bits per heavy atom. The van der Waals surface area contributed by atoms with Gasteiger partial charge in [0, 0.05) is 12.2 Å². The second-order valence-electron chi connectivity index (χ2n) is 5.54. The van der Waals surface area contributed by atoms with Crippen LogP contribution in [0.3, 0.4) is 0 Å². The van der Waals surface area contributed by atoms with Gasteiger partial charge in [-0.1, -0.05) is 19.7 Å². The van der Waals surface area contributed by atoms with Crippen LogP contribution in [0.2, 0.25) is 0 Å². The summed E-state index contributed by atoms with van der Waals surface area (Å²) >= 11 is 0. The van der Waals surface area contributed by atoms with Gasteiger partial charge in [-0.05, 0) is 6.08 Å². The average molecular weight is 425 g/mol. The third-order valence-corrected chi connectivity index (χ3v) is 3.64. The van der Waals surface area contributed by atoms with Crippen molar-refractivity contribution >= 4 is 11.9 Å². The van der Waals surface area contributed by atoms with Crippen LogP contribution in [0.25, 0.3) is 0 Å². The second-order valence-corrected chi connectivity index (χ2v) is 5.54. The van der Waals surface area contributed by atoms with Gasteiger partial charge in [-0.25, -0.2) is 37.7 Å². The Kier molecular flexibility index (Phi) is 9.92. The minimum atomic E-state index is -1.30. The Morgan fingerprint density at radius 1 is 0.800 bits per heavy atom. The normalized spacial score (nSPS) is 11.4. The van der Waals surface area contributed by atoms with Crippen LogP contribution in [0, 0.1) is 0 Å². The Hall–Kier alpha value is -3.51. The molecule has 0 fully saturated rings. The highest BCUT2D eigenvalue weighted by Crippen LogP contribution is 1.89. The molecule has 1 heterocycles. The number of hydrogen-bond donors (Lipinski definition) is 1. The lowest BCUT2D eigenvalue weighted by Gasteiger charge is -2.14. The Balaban J connectivity index is 3.22. The lowest BCUT2D eigenvalue weighted by Crippen LogP contribution is -2.55. The van der Waals surface area contributed by atoms with E-state index in [0.717, 1.165) is 18.2 Å². The van der Waals surface area contributed by atoms with E-state index in [1.165, 1.54) is 0 Å². The van der Waals surface area contributed by atoms with Crippen molar-refractivity contribution in [2.45, 2.75) is 25.9 Å². The summed E-state index contributed by atoms with van der Waals surface area (Å²) in [7, 11) is 0. The summed E-state index contributed by atoms with van der Waals surface area (Å²) in [4.78, 5) is 60.1. The van der Waals surface area contributed by atoms with Crippen LogP contribution >= 0.6 is 0 Å². The van der Waals surface area contributed by atoms with Gasteiger partial charge in [0.05, 0.1) is 26.2 Å². The van der Waals surface area contributed by atoms with Gasteiger partial charge < -0.3 is 19.3 Å². The van der Waals surface area contributed by atoms with Crippen molar-refractivity contribution in [2.24, 2.45) is 0 Å². The minimum Gasteiger partial charge on any atom is -0.461 e. The van der Waals surface area contributed by atoms with Crippen LogP contribution < -0.4 is 17.1 Å².